The Morgan fingerprint density at radius 2 is 2.10 bits per heavy atom. The fraction of sp³-hybridized carbons (Fsp3) is 0.200. The van der Waals surface area contributed by atoms with E-state index in [1.54, 1.807) is 24.3 Å². The number of rotatable bonds is 6. The highest BCUT2D eigenvalue weighted by atomic mass is 16.5. The van der Waals surface area contributed by atoms with Gasteiger partial charge in [0.25, 0.3) is 11.8 Å². The molecule has 6 nitrogen and oxygen atoms in total. The van der Waals surface area contributed by atoms with Crippen LogP contribution in [0, 0.1) is 12.3 Å². The van der Waals surface area contributed by atoms with E-state index in [-0.39, 0.29) is 25.5 Å². The number of β-amino-alcohol motifs (C(OH)–C–C–N with tert-alkyl or cyclic N) is 1. The van der Waals surface area contributed by atoms with E-state index in [2.05, 4.69) is 11.2 Å². The highest BCUT2D eigenvalue weighted by Gasteiger charge is 2.30. The standard InChI is InChI=1S/C15H14N2O4/c1-2-9-21-13-6-4-3-5-11(13)16-12-10-14(19)17(7-8-18)15(12)20/h1,3-6,10,16,18H,7-9H2. The molecule has 0 radical (unpaired) electrons. The summed E-state index contributed by atoms with van der Waals surface area (Å²) in [6.45, 7) is -0.212. The third kappa shape index (κ3) is 3.22. The molecule has 2 amide bonds. The van der Waals surface area contributed by atoms with Crippen LogP contribution >= 0.6 is 0 Å². The molecular formula is C15H14N2O4. The maximum Gasteiger partial charge on any atom is 0.277 e. The van der Waals surface area contributed by atoms with Gasteiger partial charge in [-0.15, -0.1) is 6.42 Å². The smallest absolute Gasteiger partial charge is 0.277 e. The summed E-state index contributed by atoms with van der Waals surface area (Å²) in [5.74, 6) is 1.89. The zero-order chi connectivity index (χ0) is 15.2. The Morgan fingerprint density at radius 3 is 2.81 bits per heavy atom. The van der Waals surface area contributed by atoms with Crippen LogP contribution in [0.5, 0.6) is 5.75 Å². The molecule has 2 rings (SSSR count). The number of hydrogen-bond acceptors (Lipinski definition) is 5. The molecule has 0 saturated heterocycles. The zero-order valence-corrected chi connectivity index (χ0v) is 11.2. The molecule has 0 aromatic heterocycles. The Balaban J connectivity index is 2.16. The van der Waals surface area contributed by atoms with Crippen molar-refractivity contribution < 1.29 is 19.4 Å². The van der Waals surface area contributed by atoms with Crippen LogP contribution in [0.1, 0.15) is 0 Å². The maximum absolute atomic E-state index is 12.0. The molecule has 21 heavy (non-hydrogen) atoms. The van der Waals surface area contributed by atoms with Gasteiger partial charge in [0.15, 0.2) is 0 Å². The lowest BCUT2D eigenvalue weighted by molar-refractivity contribution is -0.137. The Morgan fingerprint density at radius 1 is 1.33 bits per heavy atom. The first-order valence-electron chi connectivity index (χ1n) is 6.28. The third-order valence-electron chi connectivity index (χ3n) is 2.80. The Hall–Kier alpha value is -2.78. The highest BCUT2D eigenvalue weighted by molar-refractivity contribution is 6.17. The number of para-hydroxylation sites is 2. The number of carbonyl (C=O) groups excluding carboxylic acids is 2. The van der Waals surface area contributed by atoms with Gasteiger partial charge in [0.05, 0.1) is 18.8 Å². The normalized spacial score (nSPS) is 13.9. The monoisotopic (exact) mass is 286 g/mol. The molecular weight excluding hydrogens is 272 g/mol. The van der Waals surface area contributed by atoms with Crippen LogP contribution in [-0.2, 0) is 9.59 Å². The summed E-state index contributed by atoms with van der Waals surface area (Å²) in [6.07, 6.45) is 6.34. The van der Waals surface area contributed by atoms with Crippen LogP contribution in [-0.4, -0.2) is 41.6 Å². The summed E-state index contributed by atoms with van der Waals surface area (Å²) in [5, 5.41) is 11.7. The number of hydrogen-bond donors (Lipinski definition) is 2. The lowest BCUT2D eigenvalue weighted by atomic mass is 10.2. The predicted molar refractivity (Wildman–Crippen MR) is 76.3 cm³/mol. The van der Waals surface area contributed by atoms with E-state index in [1.165, 1.54) is 6.08 Å². The molecule has 1 heterocycles. The summed E-state index contributed by atoms with van der Waals surface area (Å²) < 4.78 is 5.36. The molecule has 1 aromatic rings. The number of anilines is 1. The number of aliphatic hydroxyl groups excluding tert-OH is 1. The number of nitrogens with one attached hydrogen (secondary N) is 1. The first-order chi connectivity index (χ1) is 10.2. The van der Waals surface area contributed by atoms with Gasteiger partial charge in [0.2, 0.25) is 0 Å². The molecule has 1 aliphatic heterocycles. The lowest BCUT2D eigenvalue weighted by Crippen LogP contribution is -2.34. The van der Waals surface area contributed by atoms with Crippen LogP contribution in [0.4, 0.5) is 5.69 Å². The van der Waals surface area contributed by atoms with Crippen molar-refractivity contribution >= 4 is 17.5 Å². The van der Waals surface area contributed by atoms with Gasteiger partial charge < -0.3 is 15.2 Å². The van der Waals surface area contributed by atoms with E-state index in [0.29, 0.717) is 11.4 Å². The molecule has 0 spiro atoms. The first kappa shape index (κ1) is 14.6. The largest absolute Gasteiger partial charge is 0.479 e. The van der Waals surface area contributed by atoms with E-state index in [9.17, 15) is 9.59 Å². The minimum Gasteiger partial charge on any atom is -0.479 e. The van der Waals surface area contributed by atoms with Gasteiger partial charge in [-0.05, 0) is 12.1 Å². The number of aliphatic hydroxyl groups is 1. The van der Waals surface area contributed by atoms with Gasteiger partial charge in [-0.1, -0.05) is 18.1 Å². The van der Waals surface area contributed by atoms with Crippen LogP contribution in [0.25, 0.3) is 0 Å². The number of terminal acetylenes is 1. The molecule has 0 bridgehead atoms. The van der Waals surface area contributed by atoms with E-state index in [0.717, 1.165) is 4.90 Å². The van der Waals surface area contributed by atoms with Crippen molar-refractivity contribution in [2.45, 2.75) is 0 Å². The Bertz CT molecular complexity index is 631. The number of ether oxygens (including phenoxy) is 1. The number of nitrogens with zero attached hydrogens (tertiary/aromatic N) is 1. The quantitative estimate of drug-likeness (QED) is 0.583. The fourth-order valence-corrected chi connectivity index (χ4v) is 1.87. The third-order valence-corrected chi connectivity index (χ3v) is 2.80. The van der Waals surface area contributed by atoms with Crippen molar-refractivity contribution in [3.63, 3.8) is 0 Å². The average Bonchev–Trinajstić information content (AvgIpc) is 2.74. The van der Waals surface area contributed by atoms with Crippen LogP contribution in [0.15, 0.2) is 36.0 Å². The topological polar surface area (TPSA) is 78.9 Å². The zero-order valence-electron chi connectivity index (χ0n) is 11.2. The summed E-state index contributed by atoms with van der Waals surface area (Å²) >= 11 is 0. The summed E-state index contributed by atoms with van der Waals surface area (Å²) in [7, 11) is 0. The molecule has 1 aliphatic rings. The number of imide groups is 1. The van der Waals surface area contributed by atoms with Gasteiger partial charge in [0, 0.05) is 6.08 Å². The van der Waals surface area contributed by atoms with Crippen molar-refractivity contribution in [3.8, 4) is 18.1 Å². The highest BCUT2D eigenvalue weighted by Crippen LogP contribution is 2.26. The second-order valence-corrected chi connectivity index (χ2v) is 4.19. The molecule has 0 saturated carbocycles. The van der Waals surface area contributed by atoms with Crippen molar-refractivity contribution in [1.82, 2.24) is 4.90 Å². The molecule has 0 unspecified atom stereocenters. The first-order valence-corrected chi connectivity index (χ1v) is 6.28. The van der Waals surface area contributed by atoms with E-state index in [1.807, 2.05) is 0 Å². The summed E-state index contributed by atoms with van der Waals surface area (Å²) in [4.78, 5) is 24.6. The van der Waals surface area contributed by atoms with E-state index < -0.39 is 11.8 Å². The molecule has 1 aromatic carbocycles. The maximum atomic E-state index is 12.0. The number of benzene rings is 1. The van der Waals surface area contributed by atoms with Crippen molar-refractivity contribution in [1.29, 1.82) is 0 Å². The van der Waals surface area contributed by atoms with Gasteiger partial charge in [-0.2, -0.15) is 0 Å². The van der Waals surface area contributed by atoms with Crippen LogP contribution in [0.3, 0.4) is 0 Å². The molecule has 108 valence electrons. The second-order valence-electron chi connectivity index (χ2n) is 4.19. The van der Waals surface area contributed by atoms with Crippen LogP contribution < -0.4 is 10.1 Å². The lowest BCUT2D eigenvalue weighted by Gasteiger charge is -2.14. The Kier molecular flexibility index (Phi) is 4.59. The fourth-order valence-electron chi connectivity index (χ4n) is 1.87. The van der Waals surface area contributed by atoms with Crippen molar-refractivity contribution in [2.75, 3.05) is 25.1 Å². The SMILES string of the molecule is C#CCOc1ccccc1NC1=CC(=O)N(CCO)C1=O. The minimum absolute atomic E-state index is 0.0331. The Labute approximate surface area is 122 Å². The average molecular weight is 286 g/mol. The van der Waals surface area contributed by atoms with Crippen molar-refractivity contribution in [3.05, 3.63) is 36.0 Å². The molecule has 0 atom stereocenters. The van der Waals surface area contributed by atoms with Gasteiger partial charge in [0.1, 0.15) is 18.1 Å². The van der Waals surface area contributed by atoms with Crippen molar-refractivity contribution in [2.24, 2.45) is 0 Å². The second kappa shape index (κ2) is 6.59. The molecule has 0 fully saturated rings. The van der Waals surface area contributed by atoms with E-state index >= 15 is 0 Å². The minimum atomic E-state index is -0.485. The number of carbonyl (C=O) groups is 2. The molecule has 2 N–H and O–H groups in total. The number of amides is 2. The van der Waals surface area contributed by atoms with Gasteiger partial charge in [-0.25, -0.2) is 0 Å². The molecule has 0 aliphatic carbocycles. The van der Waals surface area contributed by atoms with Gasteiger partial charge in [-0.3, -0.25) is 14.5 Å². The van der Waals surface area contributed by atoms with Crippen LogP contribution in [0.2, 0.25) is 0 Å². The summed E-state index contributed by atoms with van der Waals surface area (Å²) in [5.41, 5.74) is 0.663. The summed E-state index contributed by atoms with van der Waals surface area (Å²) in [6, 6.07) is 6.94. The van der Waals surface area contributed by atoms with E-state index in [4.69, 9.17) is 16.3 Å². The molecule has 6 heteroatoms. The predicted octanol–water partition coefficient (Wildman–Crippen LogP) is 0.355. The van der Waals surface area contributed by atoms with Gasteiger partial charge >= 0.3 is 0 Å².